The van der Waals surface area contributed by atoms with E-state index in [-0.39, 0.29) is 12.1 Å². The van der Waals surface area contributed by atoms with Gasteiger partial charge in [0.05, 0.1) is 35.5 Å². The van der Waals surface area contributed by atoms with E-state index in [2.05, 4.69) is 15.8 Å². The molecule has 8 nitrogen and oxygen atoms in total. The highest BCUT2D eigenvalue weighted by Gasteiger charge is 2.11. The normalized spacial score (nSPS) is 10.6. The first-order valence-corrected chi connectivity index (χ1v) is 11.2. The Labute approximate surface area is 207 Å². The van der Waals surface area contributed by atoms with Crippen LogP contribution in [0.5, 0.6) is 11.5 Å². The molecule has 3 rings (SSSR count). The van der Waals surface area contributed by atoms with Gasteiger partial charge in [-0.15, -0.1) is 0 Å². The number of hydrazone groups is 1. The largest absolute Gasteiger partial charge is 0.494 e. The van der Waals surface area contributed by atoms with Gasteiger partial charge in [-0.05, 0) is 72.6 Å². The summed E-state index contributed by atoms with van der Waals surface area (Å²) in [5.74, 6) is -0.384. The molecule has 0 spiro atoms. The number of hydrogen-bond acceptors (Lipinski definition) is 6. The molecule has 0 fully saturated rings. The van der Waals surface area contributed by atoms with Gasteiger partial charge in [0.1, 0.15) is 11.5 Å². The van der Waals surface area contributed by atoms with E-state index in [0.29, 0.717) is 34.3 Å². The second-order valence-electron chi connectivity index (χ2n) is 7.29. The third kappa shape index (κ3) is 7.97. The molecule has 0 aromatic heterocycles. The predicted molar refractivity (Wildman–Crippen MR) is 133 cm³/mol. The number of amides is 2. The SMILES string of the molecule is CCCOc1ccc(C(=O)Oc2ccc(/C=N/NC(=O)CNC(=O)c3ccccc3Cl)cc2)cc1. The smallest absolute Gasteiger partial charge is 0.343 e. The van der Waals surface area contributed by atoms with Crippen LogP contribution in [0.1, 0.15) is 39.6 Å². The van der Waals surface area contributed by atoms with Gasteiger partial charge < -0.3 is 14.8 Å². The minimum absolute atomic E-state index is 0.262. The minimum atomic E-state index is -0.502. The van der Waals surface area contributed by atoms with Crippen LogP contribution < -0.4 is 20.2 Å². The molecular formula is C26H24ClN3O5. The summed E-state index contributed by atoms with van der Waals surface area (Å²) < 4.78 is 10.9. The molecule has 180 valence electrons. The van der Waals surface area contributed by atoms with Crippen LogP contribution in [0.2, 0.25) is 5.02 Å². The summed E-state index contributed by atoms with van der Waals surface area (Å²) in [6, 6.07) is 19.9. The zero-order chi connectivity index (χ0) is 25.0. The molecular weight excluding hydrogens is 470 g/mol. The summed E-state index contributed by atoms with van der Waals surface area (Å²) in [6.45, 7) is 2.37. The number of carbonyl (C=O) groups excluding carboxylic acids is 3. The van der Waals surface area contributed by atoms with Gasteiger partial charge in [-0.3, -0.25) is 9.59 Å². The van der Waals surface area contributed by atoms with Gasteiger partial charge in [0, 0.05) is 0 Å². The first-order chi connectivity index (χ1) is 17.0. The van der Waals surface area contributed by atoms with Crippen molar-refractivity contribution in [2.24, 2.45) is 5.10 Å². The fourth-order valence-corrected chi connectivity index (χ4v) is 3.04. The van der Waals surface area contributed by atoms with Crippen molar-refractivity contribution < 1.29 is 23.9 Å². The number of carbonyl (C=O) groups is 3. The summed E-state index contributed by atoms with van der Waals surface area (Å²) in [4.78, 5) is 36.3. The molecule has 2 N–H and O–H groups in total. The zero-order valence-electron chi connectivity index (χ0n) is 19.0. The van der Waals surface area contributed by atoms with E-state index in [9.17, 15) is 14.4 Å². The summed E-state index contributed by atoms with van der Waals surface area (Å²) in [7, 11) is 0. The van der Waals surface area contributed by atoms with E-state index >= 15 is 0 Å². The molecule has 0 aliphatic carbocycles. The van der Waals surface area contributed by atoms with E-state index in [1.165, 1.54) is 6.21 Å². The Bertz CT molecular complexity index is 1190. The van der Waals surface area contributed by atoms with Crippen LogP contribution in [0, 0.1) is 0 Å². The van der Waals surface area contributed by atoms with Crippen LogP contribution in [-0.2, 0) is 4.79 Å². The Morgan fingerprint density at radius 3 is 2.31 bits per heavy atom. The number of esters is 1. The van der Waals surface area contributed by atoms with Crippen LogP contribution in [-0.4, -0.2) is 37.1 Å². The Morgan fingerprint density at radius 1 is 0.943 bits per heavy atom. The highest BCUT2D eigenvalue weighted by molar-refractivity contribution is 6.33. The van der Waals surface area contributed by atoms with Crippen LogP contribution in [0.4, 0.5) is 0 Å². The van der Waals surface area contributed by atoms with Crippen molar-refractivity contribution >= 4 is 35.6 Å². The molecule has 0 atom stereocenters. The highest BCUT2D eigenvalue weighted by Crippen LogP contribution is 2.17. The molecule has 0 aliphatic heterocycles. The molecule has 0 unspecified atom stereocenters. The quantitative estimate of drug-likeness (QED) is 0.190. The van der Waals surface area contributed by atoms with E-state index in [1.807, 2.05) is 6.92 Å². The average molecular weight is 494 g/mol. The van der Waals surface area contributed by atoms with Crippen molar-refractivity contribution in [3.63, 3.8) is 0 Å². The van der Waals surface area contributed by atoms with E-state index < -0.39 is 17.8 Å². The van der Waals surface area contributed by atoms with E-state index in [0.717, 1.165) is 6.42 Å². The molecule has 3 aromatic carbocycles. The van der Waals surface area contributed by atoms with Crippen molar-refractivity contribution in [3.05, 3.63) is 94.5 Å². The second-order valence-corrected chi connectivity index (χ2v) is 7.69. The lowest BCUT2D eigenvalue weighted by Gasteiger charge is -2.07. The van der Waals surface area contributed by atoms with E-state index in [1.54, 1.807) is 72.8 Å². The standard InChI is InChI=1S/C26H24ClN3O5/c1-2-15-34-20-13-9-19(10-14-20)26(33)35-21-11-7-18(8-12-21)16-29-30-24(31)17-28-25(32)22-5-3-4-6-23(22)27/h3-14,16H,2,15,17H2,1H3,(H,28,32)(H,30,31)/b29-16+. The number of rotatable bonds is 10. The summed E-state index contributed by atoms with van der Waals surface area (Å²) in [5.41, 5.74) is 3.68. The maximum Gasteiger partial charge on any atom is 0.343 e. The Balaban J connectivity index is 1.44. The van der Waals surface area contributed by atoms with Crippen LogP contribution in [0.25, 0.3) is 0 Å². The molecule has 0 saturated carbocycles. The first-order valence-electron chi connectivity index (χ1n) is 10.9. The molecule has 0 bridgehead atoms. The minimum Gasteiger partial charge on any atom is -0.494 e. The highest BCUT2D eigenvalue weighted by atomic mass is 35.5. The van der Waals surface area contributed by atoms with E-state index in [4.69, 9.17) is 21.1 Å². The van der Waals surface area contributed by atoms with Crippen molar-refractivity contribution in [1.82, 2.24) is 10.7 Å². The lowest BCUT2D eigenvalue weighted by molar-refractivity contribution is -0.120. The van der Waals surface area contributed by atoms with Gasteiger partial charge >= 0.3 is 5.97 Å². The third-order valence-electron chi connectivity index (χ3n) is 4.58. The maximum atomic E-state index is 12.3. The molecule has 35 heavy (non-hydrogen) atoms. The molecule has 9 heteroatoms. The molecule has 0 saturated heterocycles. The molecule has 2 amide bonds. The van der Waals surface area contributed by atoms with Crippen molar-refractivity contribution in [2.45, 2.75) is 13.3 Å². The van der Waals surface area contributed by atoms with Crippen molar-refractivity contribution in [3.8, 4) is 11.5 Å². The number of halogens is 1. The van der Waals surface area contributed by atoms with Gasteiger partial charge in [-0.25, -0.2) is 10.2 Å². The lowest BCUT2D eigenvalue weighted by atomic mass is 10.2. The fourth-order valence-electron chi connectivity index (χ4n) is 2.81. The van der Waals surface area contributed by atoms with Crippen LogP contribution >= 0.6 is 11.6 Å². The third-order valence-corrected chi connectivity index (χ3v) is 4.91. The topological polar surface area (TPSA) is 106 Å². The van der Waals surface area contributed by atoms with Gasteiger partial charge in [0.2, 0.25) is 0 Å². The monoisotopic (exact) mass is 493 g/mol. The molecule has 0 aliphatic rings. The van der Waals surface area contributed by atoms with Crippen molar-refractivity contribution in [1.29, 1.82) is 0 Å². The predicted octanol–water partition coefficient (Wildman–Crippen LogP) is 4.23. The maximum absolute atomic E-state index is 12.3. The molecule has 0 heterocycles. The molecule has 0 radical (unpaired) electrons. The summed E-state index contributed by atoms with van der Waals surface area (Å²) in [5, 5.41) is 6.63. The number of hydrogen-bond donors (Lipinski definition) is 2. The average Bonchev–Trinajstić information content (AvgIpc) is 2.87. The summed E-state index contributed by atoms with van der Waals surface area (Å²) in [6.07, 6.45) is 2.33. The zero-order valence-corrected chi connectivity index (χ0v) is 19.7. The number of nitrogens with zero attached hydrogens (tertiary/aromatic N) is 1. The Morgan fingerprint density at radius 2 is 1.63 bits per heavy atom. The molecule has 3 aromatic rings. The van der Waals surface area contributed by atoms with Crippen molar-refractivity contribution in [2.75, 3.05) is 13.2 Å². The Hall–Kier alpha value is -4.17. The van der Waals surface area contributed by atoms with Gasteiger partial charge in [-0.2, -0.15) is 5.10 Å². The fraction of sp³-hybridized carbons (Fsp3) is 0.154. The van der Waals surface area contributed by atoms with Gasteiger partial charge in [0.15, 0.2) is 0 Å². The number of nitrogens with one attached hydrogen (secondary N) is 2. The lowest BCUT2D eigenvalue weighted by Crippen LogP contribution is -2.35. The summed E-state index contributed by atoms with van der Waals surface area (Å²) >= 11 is 5.96. The number of ether oxygens (including phenoxy) is 2. The number of benzene rings is 3. The van der Waals surface area contributed by atoms with Gasteiger partial charge in [0.25, 0.3) is 11.8 Å². The first kappa shape index (κ1) is 25.5. The van der Waals surface area contributed by atoms with Crippen LogP contribution in [0.3, 0.4) is 0 Å². The van der Waals surface area contributed by atoms with Gasteiger partial charge in [-0.1, -0.05) is 30.7 Å². The Kier molecular flexibility index (Phi) is 9.39. The van der Waals surface area contributed by atoms with Crippen LogP contribution in [0.15, 0.2) is 77.9 Å². The second kappa shape index (κ2) is 12.9.